The third-order valence-corrected chi connectivity index (χ3v) is 3.22. The van der Waals surface area contributed by atoms with Gasteiger partial charge in [0.25, 0.3) is 0 Å². The summed E-state index contributed by atoms with van der Waals surface area (Å²) in [5, 5.41) is 0. The molecule has 0 aromatic carbocycles. The number of halogens is 1. The van der Waals surface area contributed by atoms with Gasteiger partial charge >= 0.3 is 0 Å². The fraction of sp³-hybridized carbons (Fsp3) is 0.909. The molecule has 2 nitrogen and oxygen atoms in total. The molecule has 1 aliphatic rings. The lowest BCUT2D eigenvalue weighted by Crippen LogP contribution is -2.29. The maximum absolute atomic E-state index is 13.7. The number of nitrogens with zero attached hydrogens (tertiary/aromatic N) is 1. The van der Waals surface area contributed by atoms with Gasteiger partial charge in [-0.2, -0.15) is 0 Å². The van der Waals surface area contributed by atoms with Gasteiger partial charge in [-0.3, -0.25) is 0 Å². The number of carbonyl (C=O) groups excluding carboxylic acids is 1. The number of hydrogen-bond donors (Lipinski definition) is 0. The van der Waals surface area contributed by atoms with Crippen LogP contribution in [0.4, 0.5) is 4.39 Å². The third kappa shape index (κ3) is 2.91. The van der Waals surface area contributed by atoms with E-state index in [9.17, 15) is 9.18 Å². The van der Waals surface area contributed by atoms with E-state index in [1.54, 1.807) is 13.8 Å². The minimum Gasteiger partial charge on any atom is -0.244 e. The van der Waals surface area contributed by atoms with Gasteiger partial charge in [0.2, 0.25) is 6.08 Å². The fourth-order valence-corrected chi connectivity index (χ4v) is 2.56. The maximum atomic E-state index is 13.7. The first-order valence-corrected chi connectivity index (χ1v) is 5.28. The fourth-order valence-electron chi connectivity index (χ4n) is 2.56. The van der Waals surface area contributed by atoms with Crippen molar-refractivity contribution in [3.8, 4) is 0 Å². The second-order valence-corrected chi connectivity index (χ2v) is 4.62. The summed E-state index contributed by atoms with van der Waals surface area (Å²) in [4.78, 5) is 13.4. The van der Waals surface area contributed by atoms with Crippen LogP contribution in [-0.2, 0) is 4.79 Å². The summed E-state index contributed by atoms with van der Waals surface area (Å²) >= 11 is 0. The van der Waals surface area contributed by atoms with Crippen LogP contribution in [0.2, 0.25) is 0 Å². The van der Waals surface area contributed by atoms with Gasteiger partial charge < -0.3 is 0 Å². The largest absolute Gasteiger partial charge is 0.244 e. The number of alkyl halides is 1. The summed E-state index contributed by atoms with van der Waals surface area (Å²) in [6.07, 6.45) is 5.50. The molecule has 0 aliphatic heterocycles. The van der Waals surface area contributed by atoms with Gasteiger partial charge in [0.1, 0.15) is 5.67 Å². The van der Waals surface area contributed by atoms with E-state index < -0.39 is 5.67 Å². The van der Waals surface area contributed by atoms with Crippen molar-refractivity contribution in [1.82, 2.24) is 0 Å². The molecule has 0 spiro atoms. The predicted molar refractivity (Wildman–Crippen MR) is 53.6 cm³/mol. The summed E-state index contributed by atoms with van der Waals surface area (Å²) in [5.41, 5.74) is -1.09. The van der Waals surface area contributed by atoms with Gasteiger partial charge in [0.15, 0.2) is 0 Å². The standard InChI is InChI=1S/C11H18FNO/c1-11(2,12)10-5-3-4-9(10)6-7-13-8-14/h9-10H,3-7H2,1-2H3. The summed E-state index contributed by atoms with van der Waals surface area (Å²) in [6.45, 7) is 3.80. The molecule has 3 heteroatoms. The first kappa shape index (κ1) is 11.4. The zero-order chi connectivity index (χ0) is 10.6. The summed E-state index contributed by atoms with van der Waals surface area (Å²) < 4.78 is 13.7. The molecule has 1 rings (SSSR count). The predicted octanol–water partition coefficient (Wildman–Crippen LogP) is 2.88. The maximum Gasteiger partial charge on any atom is 0.234 e. The summed E-state index contributed by atoms with van der Waals surface area (Å²) in [7, 11) is 0. The average Bonchev–Trinajstić information content (AvgIpc) is 2.52. The molecule has 1 fully saturated rings. The molecule has 1 aliphatic carbocycles. The molecule has 0 N–H and O–H groups in total. The highest BCUT2D eigenvalue weighted by Crippen LogP contribution is 2.42. The van der Waals surface area contributed by atoms with E-state index in [-0.39, 0.29) is 5.92 Å². The quantitative estimate of drug-likeness (QED) is 0.505. The Balaban J connectivity index is 2.47. The highest BCUT2D eigenvalue weighted by Gasteiger charge is 2.38. The van der Waals surface area contributed by atoms with E-state index in [0.717, 1.165) is 25.7 Å². The lowest BCUT2D eigenvalue weighted by atomic mass is 9.82. The Hall–Kier alpha value is -0.690. The van der Waals surface area contributed by atoms with Gasteiger partial charge in [-0.05, 0) is 44.9 Å². The van der Waals surface area contributed by atoms with Crippen LogP contribution in [0.1, 0.15) is 39.5 Å². The number of rotatable bonds is 4. The Bertz CT molecular complexity index is 228. The lowest BCUT2D eigenvalue weighted by molar-refractivity contribution is 0.0931. The van der Waals surface area contributed by atoms with Crippen molar-refractivity contribution in [2.45, 2.75) is 45.2 Å². The van der Waals surface area contributed by atoms with Crippen LogP contribution in [0.5, 0.6) is 0 Å². The molecule has 0 saturated heterocycles. The SMILES string of the molecule is CC(C)(F)C1CCCC1CCN=C=O. The van der Waals surface area contributed by atoms with Crippen molar-refractivity contribution in [3.05, 3.63) is 0 Å². The van der Waals surface area contributed by atoms with Crippen molar-refractivity contribution >= 4 is 6.08 Å². The van der Waals surface area contributed by atoms with E-state index in [2.05, 4.69) is 4.99 Å². The van der Waals surface area contributed by atoms with Crippen molar-refractivity contribution in [1.29, 1.82) is 0 Å². The van der Waals surface area contributed by atoms with E-state index in [4.69, 9.17) is 0 Å². The Morgan fingerprint density at radius 3 is 2.79 bits per heavy atom. The van der Waals surface area contributed by atoms with E-state index >= 15 is 0 Å². The molecule has 0 heterocycles. The smallest absolute Gasteiger partial charge is 0.234 e. The molecule has 1 saturated carbocycles. The molecule has 2 atom stereocenters. The van der Waals surface area contributed by atoms with Gasteiger partial charge in [-0.25, -0.2) is 14.2 Å². The first-order chi connectivity index (χ1) is 6.55. The monoisotopic (exact) mass is 199 g/mol. The number of aliphatic imine (C=N–C) groups is 1. The Morgan fingerprint density at radius 1 is 1.50 bits per heavy atom. The average molecular weight is 199 g/mol. The third-order valence-electron chi connectivity index (χ3n) is 3.22. The molecule has 2 unspecified atom stereocenters. The van der Waals surface area contributed by atoms with Crippen LogP contribution in [0.15, 0.2) is 4.99 Å². The summed E-state index contributed by atoms with van der Waals surface area (Å²) in [5.74, 6) is 0.538. The van der Waals surface area contributed by atoms with Gasteiger partial charge in [-0.15, -0.1) is 0 Å². The van der Waals surface area contributed by atoms with E-state index in [1.807, 2.05) is 0 Å². The molecule has 14 heavy (non-hydrogen) atoms. The van der Waals surface area contributed by atoms with Crippen LogP contribution in [0.25, 0.3) is 0 Å². The van der Waals surface area contributed by atoms with Crippen molar-refractivity contribution < 1.29 is 9.18 Å². The molecule has 0 amide bonds. The second kappa shape index (κ2) is 4.70. The van der Waals surface area contributed by atoms with E-state index in [0.29, 0.717) is 12.5 Å². The van der Waals surface area contributed by atoms with Gasteiger partial charge in [0.05, 0.1) is 6.54 Å². The Labute approximate surface area is 84.6 Å². The minimum atomic E-state index is -1.09. The molecule has 0 bridgehead atoms. The lowest BCUT2D eigenvalue weighted by Gasteiger charge is -2.28. The van der Waals surface area contributed by atoms with Gasteiger partial charge in [0, 0.05) is 0 Å². The molecule has 80 valence electrons. The van der Waals surface area contributed by atoms with Crippen LogP contribution >= 0.6 is 0 Å². The topological polar surface area (TPSA) is 29.4 Å². The molecular formula is C11H18FNO. The highest BCUT2D eigenvalue weighted by atomic mass is 19.1. The molecule has 0 aromatic heterocycles. The molecular weight excluding hydrogens is 181 g/mol. The van der Waals surface area contributed by atoms with E-state index in [1.165, 1.54) is 6.08 Å². The number of hydrogen-bond acceptors (Lipinski definition) is 2. The van der Waals surface area contributed by atoms with Crippen LogP contribution < -0.4 is 0 Å². The first-order valence-electron chi connectivity index (χ1n) is 5.28. The molecule has 0 radical (unpaired) electrons. The van der Waals surface area contributed by atoms with Crippen LogP contribution in [0.3, 0.4) is 0 Å². The van der Waals surface area contributed by atoms with Gasteiger partial charge in [-0.1, -0.05) is 6.42 Å². The van der Waals surface area contributed by atoms with Crippen LogP contribution in [-0.4, -0.2) is 18.3 Å². The zero-order valence-electron chi connectivity index (χ0n) is 8.92. The zero-order valence-corrected chi connectivity index (χ0v) is 8.92. The molecule has 0 aromatic rings. The number of isocyanates is 1. The highest BCUT2D eigenvalue weighted by molar-refractivity contribution is 5.32. The van der Waals surface area contributed by atoms with Crippen molar-refractivity contribution in [3.63, 3.8) is 0 Å². The van der Waals surface area contributed by atoms with Crippen LogP contribution in [0, 0.1) is 11.8 Å². The van der Waals surface area contributed by atoms with Crippen molar-refractivity contribution in [2.24, 2.45) is 16.8 Å². The Kier molecular flexibility index (Phi) is 3.82. The summed E-state index contributed by atoms with van der Waals surface area (Å²) in [6, 6.07) is 0. The Morgan fingerprint density at radius 2 is 2.21 bits per heavy atom. The minimum absolute atomic E-state index is 0.143. The van der Waals surface area contributed by atoms with Crippen molar-refractivity contribution in [2.75, 3.05) is 6.54 Å². The normalized spacial score (nSPS) is 27.4. The second-order valence-electron chi connectivity index (χ2n) is 4.62.